The smallest absolute Gasteiger partial charge is 0.335 e. The van der Waals surface area contributed by atoms with Crippen molar-refractivity contribution < 1.29 is 14.3 Å². The summed E-state index contributed by atoms with van der Waals surface area (Å²) in [6.07, 6.45) is 0. The van der Waals surface area contributed by atoms with Crippen LogP contribution in [0.3, 0.4) is 0 Å². The average Bonchev–Trinajstić information content (AvgIpc) is 2.81. The van der Waals surface area contributed by atoms with E-state index in [2.05, 4.69) is 4.98 Å². The maximum absolute atomic E-state index is 13.2. The molecular weight excluding hydrogens is 265 g/mol. The maximum Gasteiger partial charge on any atom is 0.335 e. The second kappa shape index (κ2) is 4.44. The van der Waals surface area contributed by atoms with Crippen molar-refractivity contribution in [2.45, 2.75) is 0 Å². The molecule has 0 atom stereocenters. The number of aromatic carboxylic acids is 1. The van der Waals surface area contributed by atoms with Crippen molar-refractivity contribution in [3.8, 4) is 10.6 Å². The minimum atomic E-state index is -0.970. The Balaban J connectivity index is 2.14. The van der Waals surface area contributed by atoms with Crippen molar-refractivity contribution >= 4 is 27.5 Å². The standard InChI is InChI=1S/C14H8FNO2S/c15-10-3-1-2-8(6-10)13-16-11-5-4-9(14(17)18)7-12(11)19-13/h1-7H,(H,17,18). The number of halogens is 1. The molecule has 5 heteroatoms. The van der Waals surface area contributed by atoms with Crippen molar-refractivity contribution in [1.82, 2.24) is 4.98 Å². The van der Waals surface area contributed by atoms with E-state index in [4.69, 9.17) is 5.11 Å². The summed E-state index contributed by atoms with van der Waals surface area (Å²) in [7, 11) is 0. The summed E-state index contributed by atoms with van der Waals surface area (Å²) in [4.78, 5) is 15.3. The first kappa shape index (κ1) is 11.8. The van der Waals surface area contributed by atoms with E-state index in [1.54, 1.807) is 24.3 Å². The summed E-state index contributed by atoms with van der Waals surface area (Å²) < 4.78 is 14.0. The fraction of sp³-hybridized carbons (Fsp3) is 0. The Hall–Kier alpha value is -2.27. The first-order valence-electron chi connectivity index (χ1n) is 5.53. The molecule has 1 heterocycles. The molecule has 0 amide bonds. The van der Waals surface area contributed by atoms with E-state index in [1.165, 1.54) is 29.5 Å². The quantitative estimate of drug-likeness (QED) is 0.772. The lowest BCUT2D eigenvalue weighted by Gasteiger charge is -1.94. The molecular formula is C14H8FNO2S. The summed E-state index contributed by atoms with van der Waals surface area (Å²) in [5, 5.41) is 9.62. The Morgan fingerprint density at radius 1 is 1.21 bits per heavy atom. The van der Waals surface area contributed by atoms with Crippen LogP contribution in [-0.2, 0) is 0 Å². The molecule has 0 aliphatic heterocycles. The van der Waals surface area contributed by atoms with Crippen LogP contribution in [0.1, 0.15) is 10.4 Å². The van der Waals surface area contributed by atoms with E-state index in [9.17, 15) is 9.18 Å². The topological polar surface area (TPSA) is 50.2 Å². The van der Waals surface area contributed by atoms with Crippen molar-refractivity contribution in [1.29, 1.82) is 0 Å². The second-order valence-corrected chi connectivity index (χ2v) is 5.05. The highest BCUT2D eigenvalue weighted by Crippen LogP contribution is 2.30. The third kappa shape index (κ3) is 2.20. The molecule has 1 N–H and O–H groups in total. The van der Waals surface area contributed by atoms with Crippen molar-refractivity contribution in [2.75, 3.05) is 0 Å². The van der Waals surface area contributed by atoms with Gasteiger partial charge in [-0.1, -0.05) is 12.1 Å². The Morgan fingerprint density at radius 3 is 2.79 bits per heavy atom. The van der Waals surface area contributed by atoms with Crippen LogP contribution in [0.25, 0.3) is 20.8 Å². The first-order chi connectivity index (χ1) is 9.13. The van der Waals surface area contributed by atoms with Gasteiger partial charge in [0.25, 0.3) is 0 Å². The van der Waals surface area contributed by atoms with E-state index in [0.717, 1.165) is 4.70 Å². The maximum atomic E-state index is 13.2. The van der Waals surface area contributed by atoms with Gasteiger partial charge in [0.2, 0.25) is 0 Å². The number of benzene rings is 2. The number of hydrogen-bond donors (Lipinski definition) is 1. The van der Waals surface area contributed by atoms with Gasteiger partial charge in [-0.25, -0.2) is 14.2 Å². The molecule has 0 bridgehead atoms. The lowest BCUT2D eigenvalue weighted by Crippen LogP contribution is -1.94. The fourth-order valence-corrected chi connectivity index (χ4v) is 2.80. The molecule has 2 aromatic carbocycles. The van der Waals surface area contributed by atoms with Crippen LogP contribution in [0, 0.1) is 5.82 Å². The van der Waals surface area contributed by atoms with E-state index in [-0.39, 0.29) is 11.4 Å². The van der Waals surface area contributed by atoms with Crippen LogP contribution >= 0.6 is 11.3 Å². The normalized spacial score (nSPS) is 10.8. The summed E-state index contributed by atoms with van der Waals surface area (Å²) in [6.45, 7) is 0. The lowest BCUT2D eigenvalue weighted by molar-refractivity contribution is 0.0697. The van der Waals surface area contributed by atoms with Gasteiger partial charge < -0.3 is 5.11 Å². The third-order valence-electron chi connectivity index (χ3n) is 2.71. The molecule has 0 radical (unpaired) electrons. The van der Waals surface area contributed by atoms with Crippen LogP contribution in [0.2, 0.25) is 0 Å². The van der Waals surface area contributed by atoms with Crippen LogP contribution in [0.15, 0.2) is 42.5 Å². The highest BCUT2D eigenvalue weighted by molar-refractivity contribution is 7.21. The molecule has 0 spiro atoms. The summed E-state index contributed by atoms with van der Waals surface area (Å²) in [5.74, 6) is -1.29. The number of carboxylic acids is 1. The van der Waals surface area contributed by atoms with Crippen LogP contribution in [0.5, 0.6) is 0 Å². The van der Waals surface area contributed by atoms with Crippen LogP contribution in [0.4, 0.5) is 4.39 Å². The molecule has 0 fully saturated rings. The van der Waals surface area contributed by atoms with E-state index in [0.29, 0.717) is 16.1 Å². The van der Waals surface area contributed by atoms with Gasteiger partial charge in [0, 0.05) is 5.56 Å². The molecule has 0 saturated carbocycles. The Labute approximate surface area is 112 Å². The Morgan fingerprint density at radius 2 is 2.05 bits per heavy atom. The largest absolute Gasteiger partial charge is 0.478 e. The highest BCUT2D eigenvalue weighted by atomic mass is 32.1. The van der Waals surface area contributed by atoms with Crippen molar-refractivity contribution in [3.63, 3.8) is 0 Å². The van der Waals surface area contributed by atoms with Gasteiger partial charge in [-0.05, 0) is 30.3 Å². The Bertz CT molecular complexity index is 782. The zero-order valence-electron chi connectivity index (χ0n) is 9.63. The van der Waals surface area contributed by atoms with Gasteiger partial charge >= 0.3 is 5.97 Å². The number of rotatable bonds is 2. The average molecular weight is 273 g/mol. The molecule has 0 aliphatic carbocycles. The fourth-order valence-electron chi connectivity index (χ4n) is 1.80. The van der Waals surface area contributed by atoms with Crippen molar-refractivity contribution in [2.24, 2.45) is 0 Å². The number of carbonyl (C=O) groups is 1. The highest BCUT2D eigenvalue weighted by Gasteiger charge is 2.09. The molecule has 94 valence electrons. The zero-order valence-corrected chi connectivity index (χ0v) is 10.4. The molecule has 0 unspecified atom stereocenters. The Kier molecular flexibility index (Phi) is 2.76. The minimum absolute atomic E-state index is 0.224. The van der Waals surface area contributed by atoms with Crippen LogP contribution < -0.4 is 0 Å². The number of hydrogen-bond acceptors (Lipinski definition) is 3. The second-order valence-electron chi connectivity index (χ2n) is 4.02. The number of thiazole rings is 1. The van der Waals surface area contributed by atoms with Gasteiger partial charge in [-0.2, -0.15) is 0 Å². The molecule has 1 aromatic heterocycles. The molecule has 0 aliphatic rings. The van der Waals surface area contributed by atoms with Gasteiger partial charge in [0.1, 0.15) is 10.8 Å². The zero-order chi connectivity index (χ0) is 13.4. The molecule has 3 nitrogen and oxygen atoms in total. The summed E-state index contributed by atoms with van der Waals surface area (Å²) in [6, 6.07) is 10.9. The monoisotopic (exact) mass is 273 g/mol. The number of aromatic nitrogens is 1. The number of nitrogens with zero attached hydrogens (tertiary/aromatic N) is 1. The molecule has 3 aromatic rings. The van der Waals surface area contributed by atoms with E-state index in [1.807, 2.05) is 0 Å². The molecule has 19 heavy (non-hydrogen) atoms. The van der Waals surface area contributed by atoms with Gasteiger partial charge in [0.05, 0.1) is 15.8 Å². The summed E-state index contributed by atoms with van der Waals surface area (Å²) in [5.41, 5.74) is 1.63. The SMILES string of the molecule is O=C(O)c1ccc2nc(-c3cccc(F)c3)sc2c1. The molecule has 0 saturated heterocycles. The molecule has 3 rings (SSSR count). The third-order valence-corrected chi connectivity index (χ3v) is 3.77. The van der Waals surface area contributed by atoms with E-state index >= 15 is 0 Å². The predicted molar refractivity (Wildman–Crippen MR) is 72.0 cm³/mol. The number of fused-ring (bicyclic) bond motifs is 1. The van der Waals surface area contributed by atoms with Crippen molar-refractivity contribution in [3.05, 3.63) is 53.8 Å². The summed E-state index contributed by atoms with van der Waals surface area (Å²) >= 11 is 1.35. The minimum Gasteiger partial charge on any atom is -0.478 e. The van der Waals surface area contributed by atoms with E-state index < -0.39 is 5.97 Å². The van der Waals surface area contributed by atoms with Crippen LogP contribution in [-0.4, -0.2) is 16.1 Å². The first-order valence-corrected chi connectivity index (χ1v) is 6.35. The number of carboxylic acid groups (broad SMARTS) is 1. The van der Waals surface area contributed by atoms with Gasteiger partial charge in [-0.3, -0.25) is 0 Å². The lowest BCUT2D eigenvalue weighted by atomic mass is 10.2. The van der Waals surface area contributed by atoms with Gasteiger partial charge in [-0.15, -0.1) is 11.3 Å². The van der Waals surface area contributed by atoms with Gasteiger partial charge in [0.15, 0.2) is 0 Å². The predicted octanol–water partition coefficient (Wildman–Crippen LogP) is 3.80.